The molecule has 1 aliphatic rings. The summed E-state index contributed by atoms with van der Waals surface area (Å²) in [6.07, 6.45) is 1.09. The molecule has 108 valence electrons. The maximum atomic E-state index is 11.0. The van der Waals surface area contributed by atoms with Gasteiger partial charge in [-0.2, -0.15) is 0 Å². The summed E-state index contributed by atoms with van der Waals surface area (Å²) < 4.78 is 10.9. The first-order chi connectivity index (χ1) is 10.1. The number of ether oxygens (including phenoxy) is 2. The van der Waals surface area contributed by atoms with Crippen LogP contribution in [0.4, 0.5) is 5.69 Å². The van der Waals surface area contributed by atoms with E-state index < -0.39 is 4.92 Å². The van der Waals surface area contributed by atoms with Crippen molar-refractivity contribution < 1.29 is 14.4 Å². The summed E-state index contributed by atoms with van der Waals surface area (Å²) in [6.45, 7) is 0.979. The van der Waals surface area contributed by atoms with Crippen molar-refractivity contribution in [1.82, 2.24) is 9.97 Å². The van der Waals surface area contributed by atoms with E-state index in [0.29, 0.717) is 24.7 Å². The van der Waals surface area contributed by atoms with Crippen LogP contribution in [0.15, 0.2) is 34.3 Å². The first-order valence-corrected chi connectivity index (χ1v) is 7.07. The van der Waals surface area contributed by atoms with Gasteiger partial charge in [0.05, 0.1) is 4.92 Å². The van der Waals surface area contributed by atoms with Gasteiger partial charge in [0, 0.05) is 4.90 Å². The van der Waals surface area contributed by atoms with Gasteiger partial charge in [0.2, 0.25) is 5.28 Å². The van der Waals surface area contributed by atoms with Gasteiger partial charge in [0.25, 0.3) is 0 Å². The zero-order valence-corrected chi connectivity index (χ0v) is 12.1. The number of benzene rings is 1. The van der Waals surface area contributed by atoms with Crippen LogP contribution in [0, 0.1) is 10.1 Å². The van der Waals surface area contributed by atoms with Crippen LogP contribution < -0.4 is 9.47 Å². The van der Waals surface area contributed by atoms with Crippen molar-refractivity contribution in [2.24, 2.45) is 0 Å². The van der Waals surface area contributed by atoms with Crippen LogP contribution in [0.1, 0.15) is 0 Å². The summed E-state index contributed by atoms with van der Waals surface area (Å²) in [5.41, 5.74) is -0.195. The van der Waals surface area contributed by atoms with Crippen molar-refractivity contribution in [3.63, 3.8) is 0 Å². The highest BCUT2D eigenvalue weighted by atomic mass is 35.5. The summed E-state index contributed by atoms with van der Waals surface area (Å²) in [5.74, 6) is 1.26. The van der Waals surface area contributed by atoms with Crippen LogP contribution in [-0.4, -0.2) is 28.1 Å². The zero-order chi connectivity index (χ0) is 14.8. The minimum absolute atomic E-state index is 0.0411. The van der Waals surface area contributed by atoms with Crippen molar-refractivity contribution in [1.29, 1.82) is 0 Å². The third-order valence-corrected chi connectivity index (χ3v) is 3.80. The second kappa shape index (κ2) is 5.74. The fourth-order valence-electron chi connectivity index (χ4n) is 1.74. The Morgan fingerprint density at radius 2 is 2.05 bits per heavy atom. The first kappa shape index (κ1) is 13.9. The molecule has 0 amide bonds. The molecule has 0 atom stereocenters. The Morgan fingerprint density at radius 3 is 2.81 bits per heavy atom. The average Bonchev–Trinajstić information content (AvgIpc) is 2.47. The van der Waals surface area contributed by atoms with E-state index in [1.807, 2.05) is 0 Å². The maximum Gasteiger partial charge on any atom is 0.319 e. The molecule has 1 aromatic carbocycles. The highest BCUT2D eigenvalue weighted by Crippen LogP contribution is 2.38. The quantitative estimate of drug-likeness (QED) is 0.371. The van der Waals surface area contributed by atoms with Crippen LogP contribution in [0.5, 0.6) is 11.5 Å². The summed E-state index contributed by atoms with van der Waals surface area (Å²) in [4.78, 5) is 18.7. The van der Waals surface area contributed by atoms with E-state index >= 15 is 0 Å². The molecular weight excluding hydrogens is 318 g/mol. The van der Waals surface area contributed by atoms with Gasteiger partial charge >= 0.3 is 5.69 Å². The summed E-state index contributed by atoms with van der Waals surface area (Å²) in [6, 6.07) is 5.28. The molecule has 2 heterocycles. The van der Waals surface area contributed by atoms with Crippen molar-refractivity contribution in [2.75, 3.05) is 13.2 Å². The normalized spacial score (nSPS) is 13.0. The Balaban J connectivity index is 1.93. The molecule has 0 bridgehead atoms. The van der Waals surface area contributed by atoms with E-state index in [0.717, 1.165) is 22.9 Å². The van der Waals surface area contributed by atoms with Crippen molar-refractivity contribution in [2.45, 2.75) is 9.92 Å². The molecule has 21 heavy (non-hydrogen) atoms. The van der Waals surface area contributed by atoms with Gasteiger partial charge in [0.15, 0.2) is 16.5 Å². The second-order valence-corrected chi connectivity index (χ2v) is 5.39. The van der Waals surface area contributed by atoms with E-state index in [2.05, 4.69) is 9.97 Å². The van der Waals surface area contributed by atoms with Crippen molar-refractivity contribution in [3.05, 3.63) is 39.8 Å². The minimum Gasteiger partial charge on any atom is -0.486 e. The molecule has 7 nitrogen and oxygen atoms in total. The predicted octanol–water partition coefficient (Wildman–Crippen LogP) is 2.96. The van der Waals surface area contributed by atoms with Crippen LogP contribution in [-0.2, 0) is 0 Å². The number of hydrogen-bond acceptors (Lipinski definition) is 7. The number of nitrogens with zero attached hydrogens (tertiary/aromatic N) is 3. The summed E-state index contributed by atoms with van der Waals surface area (Å²) >= 11 is 6.82. The lowest BCUT2D eigenvalue weighted by Crippen LogP contribution is -2.15. The van der Waals surface area contributed by atoms with Gasteiger partial charge in [-0.05, 0) is 29.8 Å². The molecule has 0 saturated heterocycles. The van der Waals surface area contributed by atoms with Crippen LogP contribution >= 0.6 is 23.4 Å². The Kier molecular flexibility index (Phi) is 3.80. The minimum atomic E-state index is -0.545. The largest absolute Gasteiger partial charge is 0.486 e. The SMILES string of the molecule is O=[N+]([O-])c1cnc(Cl)nc1Sc1ccc2c(c1)OCCO2. The van der Waals surface area contributed by atoms with Gasteiger partial charge in [-0.15, -0.1) is 0 Å². The number of nitro groups is 1. The topological polar surface area (TPSA) is 87.4 Å². The lowest BCUT2D eigenvalue weighted by atomic mass is 10.3. The van der Waals surface area contributed by atoms with E-state index in [1.54, 1.807) is 18.2 Å². The molecule has 0 N–H and O–H groups in total. The monoisotopic (exact) mass is 325 g/mol. The molecule has 0 aliphatic carbocycles. The molecule has 9 heteroatoms. The summed E-state index contributed by atoms with van der Waals surface area (Å²) in [7, 11) is 0. The number of hydrogen-bond donors (Lipinski definition) is 0. The number of aromatic nitrogens is 2. The third-order valence-electron chi connectivity index (χ3n) is 2.63. The van der Waals surface area contributed by atoms with Crippen LogP contribution in [0.2, 0.25) is 5.28 Å². The van der Waals surface area contributed by atoms with E-state index in [9.17, 15) is 10.1 Å². The van der Waals surface area contributed by atoms with Gasteiger partial charge in [-0.3, -0.25) is 10.1 Å². The molecule has 0 unspecified atom stereocenters. The standard InChI is InChI=1S/C12H8ClN3O4S/c13-12-14-6-8(16(17)18)11(15-12)21-7-1-2-9-10(5-7)20-4-3-19-9/h1-2,5-6H,3-4H2. The van der Waals surface area contributed by atoms with Gasteiger partial charge in [-0.1, -0.05) is 11.8 Å². The summed E-state index contributed by atoms with van der Waals surface area (Å²) in [5, 5.41) is 11.1. The Bertz CT molecular complexity index is 713. The lowest BCUT2D eigenvalue weighted by Gasteiger charge is -2.18. The fourth-order valence-corrected chi connectivity index (χ4v) is 2.81. The molecule has 0 spiro atoms. The number of fused-ring (bicyclic) bond motifs is 1. The second-order valence-electron chi connectivity index (χ2n) is 3.99. The van der Waals surface area contributed by atoms with Gasteiger partial charge < -0.3 is 9.47 Å². The molecule has 1 aliphatic heterocycles. The molecule has 0 fully saturated rings. The Hall–Kier alpha value is -2.06. The molecule has 2 aromatic rings. The van der Waals surface area contributed by atoms with Crippen molar-refractivity contribution in [3.8, 4) is 11.5 Å². The number of rotatable bonds is 3. The highest BCUT2D eigenvalue weighted by molar-refractivity contribution is 7.99. The molecule has 0 radical (unpaired) electrons. The molecule has 3 rings (SSSR count). The predicted molar refractivity (Wildman–Crippen MR) is 75.3 cm³/mol. The van der Waals surface area contributed by atoms with Crippen molar-refractivity contribution >= 4 is 29.1 Å². The molecule has 0 saturated carbocycles. The smallest absolute Gasteiger partial charge is 0.319 e. The Morgan fingerprint density at radius 1 is 1.29 bits per heavy atom. The van der Waals surface area contributed by atoms with Crippen LogP contribution in [0.3, 0.4) is 0 Å². The third kappa shape index (κ3) is 3.01. The average molecular weight is 326 g/mol. The van der Waals surface area contributed by atoms with Gasteiger partial charge in [-0.25, -0.2) is 9.97 Å². The highest BCUT2D eigenvalue weighted by Gasteiger charge is 2.19. The van der Waals surface area contributed by atoms with E-state index in [4.69, 9.17) is 21.1 Å². The van der Waals surface area contributed by atoms with Gasteiger partial charge in [0.1, 0.15) is 19.4 Å². The first-order valence-electron chi connectivity index (χ1n) is 5.88. The van der Waals surface area contributed by atoms with E-state index in [1.165, 1.54) is 0 Å². The van der Waals surface area contributed by atoms with Crippen LogP contribution in [0.25, 0.3) is 0 Å². The maximum absolute atomic E-state index is 11.0. The number of halogens is 1. The zero-order valence-electron chi connectivity index (χ0n) is 10.5. The molecule has 1 aromatic heterocycles. The Labute approximate surface area is 128 Å². The lowest BCUT2D eigenvalue weighted by molar-refractivity contribution is -0.388. The van der Waals surface area contributed by atoms with E-state index in [-0.39, 0.29) is 16.0 Å². The molecular formula is C12H8ClN3O4S. The fraction of sp³-hybridized carbons (Fsp3) is 0.167.